The molecule has 6 nitrogen and oxygen atoms in total. The molecule has 0 aromatic heterocycles. The van der Waals surface area contributed by atoms with E-state index >= 15 is 0 Å². The molecule has 0 bridgehead atoms. The SMILES string of the molecule is CCN(CC(=O)Nc1ccccc1C(N)=O)Cc1ccc(C#N)cc1F. The number of rotatable bonds is 7. The number of hydrogen-bond acceptors (Lipinski definition) is 4. The van der Waals surface area contributed by atoms with Gasteiger partial charge < -0.3 is 11.1 Å². The van der Waals surface area contributed by atoms with Gasteiger partial charge in [0, 0.05) is 12.1 Å². The van der Waals surface area contributed by atoms with Crippen molar-refractivity contribution >= 4 is 17.5 Å². The highest BCUT2D eigenvalue weighted by Gasteiger charge is 2.15. The fourth-order valence-electron chi connectivity index (χ4n) is 2.47. The molecule has 2 rings (SSSR count). The number of benzene rings is 2. The molecular weight excluding hydrogens is 335 g/mol. The Hall–Kier alpha value is -3.24. The van der Waals surface area contributed by atoms with Crippen molar-refractivity contribution in [3.63, 3.8) is 0 Å². The molecule has 2 aromatic rings. The number of likely N-dealkylation sites (N-methyl/N-ethyl adjacent to an activating group) is 1. The van der Waals surface area contributed by atoms with Crippen LogP contribution in [-0.2, 0) is 11.3 Å². The molecule has 2 amide bonds. The summed E-state index contributed by atoms with van der Waals surface area (Å²) in [5, 5.41) is 11.4. The van der Waals surface area contributed by atoms with E-state index in [1.54, 1.807) is 23.1 Å². The zero-order valence-electron chi connectivity index (χ0n) is 14.3. The van der Waals surface area contributed by atoms with Gasteiger partial charge in [-0.25, -0.2) is 4.39 Å². The Bertz CT molecular complexity index is 861. The number of primary amides is 1. The van der Waals surface area contributed by atoms with Crippen molar-refractivity contribution in [2.45, 2.75) is 13.5 Å². The molecule has 0 atom stereocenters. The van der Waals surface area contributed by atoms with Crippen LogP contribution in [0.5, 0.6) is 0 Å². The first-order valence-corrected chi connectivity index (χ1v) is 8.04. The van der Waals surface area contributed by atoms with Crippen molar-refractivity contribution in [2.75, 3.05) is 18.4 Å². The highest BCUT2D eigenvalue weighted by Crippen LogP contribution is 2.15. The second kappa shape index (κ2) is 8.74. The van der Waals surface area contributed by atoms with E-state index in [2.05, 4.69) is 5.32 Å². The molecule has 0 aliphatic heterocycles. The second-order valence-electron chi connectivity index (χ2n) is 5.68. The number of nitrogens with zero attached hydrogens (tertiary/aromatic N) is 2. The number of hydrogen-bond donors (Lipinski definition) is 2. The van der Waals surface area contributed by atoms with E-state index in [1.165, 1.54) is 24.3 Å². The minimum atomic E-state index is -0.632. The summed E-state index contributed by atoms with van der Waals surface area (Å²) in [5.74, 6) is -1.45. The number of nitriles is 1. The molecule has 0 saturated carbocycles. The van der Waals surface area contributed by atoms with Gasteiger partial charge in [-0.3, -0.25) is 14.5 Å². The van der Waals surface area contributed by atoms with E-state index in [0.29, 0.717) is 17.8 Å². The normalized spacial score (nSPS) is 10.4. The summed E-state index contributed by atoms with van der Waals surface area (Å²) in [4.78, 5) is 25.4. The Labute approximate surface area is 151 Å². The summed E-state index contributed by atoms with van der Waals surface area (Å²) in [6.45, 7) is 2.61. The zero-order valence-corrected chi connectivity index (χ0v) is 14.3. The van der Waals surface area contributed by atoms with Gasteiger partial charge in [-0.2, -0.15) is 5.26 Å². The molecule has 7 heteroatoms. The lowest BCUT2D eigenvalue weighted by Crippen LogP contribution is -2.33. The summed E-state index contributed by atoms with van der Waals surface area (Å²) in [7, 11) is 0. The molecule has 0 unspecified atom stereocenters. The van der Waals surface area contributed by atoms with Crippen molar-refractivity contribution < 1.29 is 14.0 Å². The molecular formula is C19H19FN4O2. The number of nitrogens with one attached hydrogen (secondary N) is 1. The largest absolute Gasteiger partial charge is 0.366 e. The number of para-hydroxylation sites is 1. The number of carbonyl (C=O) groups excluding carboxylic acids is 2. The Kier molecular flexibility index (Phi) is 6.42. The average molecular weight is 354 g/mol. The molecule has 0 spiro atoms. The topological polar surface area (TPSA) is 99.2 Å². The first kappa shape index (κ1) is 19.1. The van der Waals surface area contributed by atoms with Crippen LogP contribution in [0.1, 0.15) is 28.4 Å². The molecule has 3 N–H and O–H groups in total. The molecule has 0 aliphatic rings. The number of carbonyl (C=O) groups is 2. The van der Waals surface area contributed by atoms with Gasteiger partial charge in [0.25, 0.3) is 5.91 Å². The van der Waals surface area contributed by atoms with Crippen LogP contribution in [0.3, 0.4) is 0 Å². The van der Waals surface area contributed by atoms with Crippen molar-refractivity contribution in [2.24, 2.45) is 5.73 Å². The predicted octanol–water partition coefficient (Wildman–Crippen LogP) is 2.26. The van der Waals surface area contributed by atoms with E-state index in [1.807, 2.05) is 13.0 Å². The van der Waals surface area contributed by atoms with Crippen LogP contribution in [0, 0.1) is 17.1 Å². The van der Waals surface area contributed by atoms with Gasteiger partial charge >= 0.3 is 0 Å². The Morgan fingerprint density at radius 1 is 1.27 bits per heavy atom. The highest BCUT2D eigenvalue weighted by atomic mass is 19.1. The fourth-order valence-corrected chi connectivity index (χ4v) is 2.47. The first-order valence-electron chi connectivity index (χ1n) is 8.04. The van der Waals surface area contributed by atoms with Gasteiger partial charge in [-0.05, 0) is 30.8 Å². The maximum absolute atomic E-state index is 14.0. The quantitative estimate of drug-likeness (QED) is 0.796. The minimum absolute atomic E-state index is 0.0169. The molecule has 0 aliphatic carbocycles. The Balaban J connectivity index is 2.05. The number of halogens is 1. The van der Waals surface area contributed by atoms with E-state index in [0.717, 1.165) is 0 Å². The molecule has 0 radical (unpaired) electrons. The predicted molar refractivity (Wildman–Crippen MR) is 95.7 cm³/mol. The number of anilines is 1. The lowest BCUT2D eigenvalue weighted by Gasteiger charge is -2.20. The smallest absolute Gasteiger partial charge is 0.250 e. The Morgan fingerprint density at radius 3 is 2.62 bits per heavy atom. The summed E-state index contributed by atoms with van der Waals surface area (Å²) >= 11 is 0. The number of amides is 2. The van der Waals surface area contributed by atoms with E-state index in [4.69, 9.17) is 11.0 Å². The zero-order chi connectivity index (χ0) is 19.1. The Morgan fingerprint density at radius 2 is 2.00 bits per heavy atom. The first-order chi connectivity index (χ1) is 12.4. The molecule has 0 saturated heterocycles. The van der Waals surface area contributed by atoms with E-state index in [-0.39, 0.29) is 30.1 Å². The summed E-state index contributed by atoms with van der Waals surface area (Å²) in [6.07, 6.45) is 0. The van der Waals surface area contributed by atoms with Gasteiger partial charge in [0.1, 0.15) is 5.82 Å². The third-order valence-corrected chi connectivity index (χ3v) is 3.86. The fraction of sp³-hybridized carbons (Fsp3) is 0.211. The van der Waals surface area contributed by atoms with Crippen LogP contribution in [0.15, 0.2) is 42.5 Å². The van der Waals surface area contributed by atoms with Gasteiger partial charge in [-0.1, -0.05) is 25.1 Å². The van der Waals surface area contributed by atoms with Crippen LogP contribution >= 0.6 is 0 Å². The number of nitrogens with two attached hydrogens (primary N) is 1. The van der Waals surface area contributed by atoms with Crippen LogP contribution in [0.2, 0.25) is 0 Å². The van der Waals surface area contributed by atoms with Crippen LogP contribution in [-0.4, -0.2) is 29.8 Å². The highest BCUT2D eigenvalue weighted by molar-refractivity contribution is 6.03. The van der Waals surface area contributed by atoms with Crippen molar-refractivity contribution in [3.8, 4) is 6.07 Å². The minimum Gasteiger partial charge on any atom is -0.366 e. The lowest BCUT2D eigenvalue weighted by atomic mass is 10.1. The molecule has 0 heterocycles. The summed E-state index contributed by atoms with van der Waals surface area (Å²) in [6, 6.07) is 12.6. The molecule has 26 heavy (non-hydrogen) atoms. The van der Waals surface area contributed by atoms with Crippen molar-refractivity contribution in [1.82, 2.24) is 4.90 Å². The molecule has 134 valence electrons. The third kappa shape index (κ3) is 4.88. The molecule has 0 fully saturated rings. The van der Waals surface area contributed by atoms with Crippen LogP contribution < -0.4 is 11.1 Å². The molecule has 2 aromatic carbocycles. The third-order valence-electron chi connectivity index (χ3n) is 3.86. The average Bonchev–Trinajstić information content (AvgIpc) is 2.62. The standard InChI is InChI=1S/C19H19FN4O2/c1-2-24(11-14-8-7-13(10-21)9-16(14)20)12-18(25)23-17-6-4-3-5-15(17)19(22)26/h3-9H,2,11-12H2,1H3,(H2,22,26)(H,23,25). The maximum Gasteiger partial charge on any atom is 0.250 e. The summed E-state index contributed by atoms with van der Waals surface area (Å²) in [5.41, 5.74) is 6.50. The van der Waals surface area contributed by atoms with Crippen LogP contribution in [0.4, 0.5) is 10.1 Å². The second-order valence-corrected chi connectivity index (χ2v) is 5.68. The maximum atomic E-state index is 14.0. The van der Waals surface area contributed by atoms with Gasteiger partial charge in [0.15, 0.2) is 0 Å². The lowest BCUT2D eigenvalue weighted by molar-refractivity contribution is -0.117. The summed E-state index contributed by atoms with van der Waals surface area (Å²) < 4.78 is 14.0. The van der Waals surface area contributed by atoms with Crippen molar-refractivity contribution in [3.05, 3.63) is 65.0 Å². The van der Waals surface area contributed by atoms with Gasteiger partial charge in [-0.15, -0.1) is 0 Å². The monoisotopic (exact) mass is 354 g/mol. The van der Waals surface area contributed by atoms with Gasteiger partial charge in [0.05, 0.1) is 29.4 Å². The van der Waals surface area contributed by atoms with Crippen LogP contribution in [0.25, 0.3) is 0 Å². The van der Waals surface area contributed by atoms with E-state index < -0.39 is 11.7 Å². The van der Waals surface area contributed by atoms with Crippen molar-refractivity contribution in [1.29, 1.82) is 5.26 Å². The van der Waals surface area contributed by atoms with E-state index in [9.17, 15) is 14.0 Å². The van der Waals surface area contributed by atoms with Gasteiger partial charge in [0.2, 0.25) is 5.91 Å².